The summed E-state index contributed by atoms with van der Waals surface area (Å²) in [7, 11) is 0. The highest BCUT2D eigenvalue weighted by molar-refractivity contribution is 5.18. The van der Waals surface area contributed by atoms with Crippen molar-refractivity contribution in [3.05, 3.63) is 102 Å². The van der Waals surface area contributed by atoms with Crippen LogP contribution in [0.5, 0.6) is 0 Å². The van der Waals surface area contributed by atoms with Gasteiger partial charge in [0.25, 0.3) is 0 Å². The molecule has 0 spiro atoms. The molecule has 0 radical (unpaired) electrons. The molecule has 112 valence electrons. The second-order valence-electron chi connectivity index (χ2n) is 5.35. The maximum absolute atomic E-state index is 2.23. The Morgan fingerprint density at radius 2 is 1.00 bits per heavy atom. The summed E-state index contributed by atoms with van der Waals surface area (Å²) in [6.45, 7) is 0.930. The third-order valence-corrected chi connectivity index (χ3v) is 3.71. The molecule has 0 fully saturated rings. The lowest BCUT2D eigenvalue weighted by Crippen LogP contribution is -3.00. The van der Waals surface area contributed by atoms with Gasteiger partial charge in [-0.3, -0.25) is 0 Å². The Morgan fingerprint density at radius 1 is 0.545 bits per heavy atom. The highest BCUT2D eigenvalue weighted by atomic mass is 35.5. The van der Waals surface area contributed by atoms with Crippen molar-refractivity contribution in [2.75, 3.05) is 0 Å². The molecule has 0 unspecified atom stereocenters. The van der Waals surface area contributed by atoms with Crippen LogP contribution < -0.4 is 17.0 Å². The van der Waals surface area contributed by atoms with Gasteiger partial charge in [0.2, 0.25) is 0 Å². The summed E-state index contributed by atoms with van der Waals surface area (Å²) in [6.07, 6.45) is 6.54. The normalized spacial score (nSPS) is 10.0. The lowest BCUT2D eigenvalue weighted by molar-refractivity contribution is -0.688. The van der Waals surface area contributed by atoms with Crippen molar-refractivity contribution in [2.45, 2.75) is 19.4 Å². The minimum Gasteiger partial charge on any atom is -1.00 e. The predicted octanol–water partition coefficient (Wildman–Crippen LogP) is 0.812. The van der Waals surface area contributed by atoms with Crippen molar-refractivity contribution in [3.63, 3.8) is 0 Å². The van der Waals surface area contributed by atoms with E-state index in [9.17, 15) is 0 Å². The van der Waals surface area contributed by atoms with Crippen molar-refractivity contribution >= 4 is 0 Å². The summed E-state index contributed by atoms with van der Waals surface area (Å²) < 4.78 is 2.22. The molecule has 0 saturated heterocycles. The lowest BCUT2D eigenvalue weighted by Gasteiger charge is -2.02. The summed E-state index contributed by atoms with van der Waals surface area (Å²) in [6, 6.07) is 25.7. The van der Waals surface area contributed by atoms with E-state index in [1.165, 1.54) is 16.7 Å². The summed E-state index contributed by atoms with van der Waals surface area (Å²) >= 11 is 0. The van der Waals surface area contributed by atoms with Crippen molar-refractivity contribution in [1.29, 1.82) is 0 Å². The van der Waals surface area contributed by atoms with Crippen LogP contribution in [0, 0.1) is 0 Å². The number of pyridine rings is 1. The van der Waals surface area contributed by atoms with E-state index in [0.717, 1.165) is 19.4 Å². The molecule has 1 aromatic heterocycles. The molecule has 3 aromatic rings. The molecule has 0 bridgehead atoms. The van der Waals surface area contributed by atoms with Gasteiger partial charge in [0.1, 0.15) is 0 Å². The van der Waals surface area contributed by atoms with Gasteiger partial charge in [-0.25, -0.2) is 4.57 Å². The van der Waals surface area contributed by atoms with Gasteiger partial charge in [-0.2, -0.15) is 0 Å². The van der Waals surface area contributed by atoms with E-state index in [1.54, 1.807) is 0 Å². The van der Waals surface area contributed by atoms with E-state index in [0.29, 0.717) is 0 Å². The number of rotatable bonds is 5. The quantitative estimate of drug-likeness (QED) is 0.614. The maximum Gasteiger partial charge on any atom is 0.173 e. The first kappa shape index (κ1) is 16.3. The van der Waals surface area contributed by atoms with E-state index in [4.69, 9.17) is 0 Å². The number of aryl methyl sites for hydroxylation is 2. The van der Waals surface area contributed by atoms with Gasteiger partial charge in [0.15, 0.2) is 18.9 Å². The van der Waals surface area contributed by atoms with Crippen molar-refractivity contribution in [3.8, 4) is 0 Å². The second-order valence-corrected chi connectivity index (χ2v) is 5.35. The Labute approximate surface area is 138 Å². The van der Waals surface area contributed by atoms with Crippen LogP contribution in [0.2, 0.25) is 0 Å². The summed E-state index contributed by atoms with van der Waals surface area (Å²) in [4.78, 5) is 0. The largest absolute Gasteiger partial charge is 1.00 e. The minimum absolute atomic E-state index is 0. The van der Waals surface area contributed by atoms with E-state index in [2.05, 4.69) is 89.8 Å². The molecule has 22 heavy (non-hydrogen) atoms. The van der Waals surface area contributed by atoms with Crippen LogP contribution in [0.4, 0.5) is 0 Å². The van der Waals surface area contributed by atoms with Gasteiger partial charge >= 0.3 is 0 Å². The lowest BCUT2D eigenvalue weighted by atomic mass is 10.1. The second kappa shape index (κ2) is 8.35. The molecule has 0 saturated carbocycles. The highest BCUT2D eigenvalue weighted by Gasteiger charge is 2.03. The fourth-order valence-electron chi connectivity index (χ4n) is 2.49. The van der Waals surface area contributed by atoms with Gasteiger partial charge in [-0.05, 0) is 24.0 Å². The number of hydrogen-bond acceptors (Lipinski definition) is 0. The van der Waals surface area contributed by atoms with Crippen LogP contribution in [-0.2, 0) is 19.4 Å². The first-order valence-electron chi connectivity index (χ1n) is 7.46. The predicted molar refractivity (Wildman–Crippen MR) is 86.0 cm³/mol. The standard InChI is InChI=1S/C20H20N.ClH/c1-3-7-18(8-4-1)11-12-19-13-15-21(16-14-19)17-20-9-5-2-6-10-20;/h1-10,13-16H,11-12,17H2;1H/q+1;/p-1. The topological polar surface area (TPSA) is 3.88 Å². The van der Waals surface area contributed by atoms with Crippen LogP contribution >= 0.6 is 0 Å². The van der Waals surface area contributed by atoms with Crippen LogP contribution in [0.3, 0.4) is 0 Å². The molecule has 2 aromatic carbocycles. The Kier molecular flexibility index (Phi) is 6.17. The fourth-order valence-corrected chi connectivity index (χ4v) is 2.49. The Hall–Kier alpha value is -2.12. The average Bonchev–Trinajstić information content (AvgIpc) is 2.56. The van der Waals surface area contributed by atoms with Crippen LogP contribution in [-0.4, -0.2) is 0 Å². The van der Waals surface area contributed by atoms with Gasteiger partial charge < -0.3 is 12.4 Å². The first-order chi connectivity index (χ1) is 10.4. The molecule has 0 atom stereocenters. The zero-order valence-electron chi connectivity index (χ0n) is 12.5. The Balaban J connectivity index is 0.00000176. The number of aromatic nitrogens is 1. The first-order valence-corrected chi connectivity index (χ1v) is 7.46. The van der Waals surface area contributed by atoms with Gasteiger partial charge in [0.05, 0.1) is 0 Å². The fraction of sp³-hybridized carbons (Fsp3) is 0.150. The van der Waals surface area contributed by atoms with Crippen LogP contribution in [0.15, 0.2) is 85.2 Å². The number of nitrogens with zero attached hydrogens (tertiary/aromatic N) is 1. The molecule has 0 aliphatic carbocycles. The average molecular weight is 310 g/mol. The molecular formula is C20H20ClN. The summed E-state index contributed by atoms with van der Waals surface area (Å²) in [5.74, 6) is 0. The number of benzene rings is 2. The molecular weight excluding hydrogens is 290 g/mol. The molecule has 0 aliphatic rings. The van der Waals surface area contributed by atoms with Crippen LogP contribution in [0.25, 0.3) is 0 Å². The van der Waals surface area contributed by atoms with Crippen LogP contribution in [0.1, 0.15) is 16.7 Å². The van der Waals surface area contributed by atoms with Gasteiger partial charge in [-0.15, -0.1) is 0 Å². The molecule has 3 rings (SSSR count). The van der Waals surface area contributed by atoms with Gasteiger partial charge in [0, 0.05) is 17.7 Å². The van der Waals surface area contributed by atoms with Crippen molar-refractivity contribution < 1.29 is 17.0 Å². The summed E-state index contributed by atoms with van der Waals surface area (Å²) in [5, 5.41) is 0. The van der Waals surface area contributed by atoms with Crippen molar-refractivity contribution in [1.82, 2.24) is 0 Å². The Morgan fingerprint density at radius 3 is 1.55 bits per heavy atom. The summed E-state index contributed by atoms with van der Waals surface area (Å²) in [5.41, 5.74) is 4.13. The minimum atomic E-state index is 0. The van der Waals surface area contributed by atoms with E-state index >= 15 is 0 Å². The maximum atomic E-state index is 2.23. The zero-order valence-corrected chi connectivity index (χ0v) is 13.3. The SMILES string of the molecule is [Cl-].c1ccc(CCc2cc[n+](Cc3ccccc3)cc2)cc1. The third kappa shape index (κ3) is 4.71. The Bertz CT molecular complexity index is 663. The number of halogens is 1. The van der Waals surface area contributed by atoms with E-state index < -0.39 is 0 Å². The smallest absolute Gasteiger partial charge is 0.173 e. The molecule has 0 amide bonds. The van der Waals surface area contributed by atoms with Gasteiger partial charge in [-0.1, -0.05) is 60.7 Å². The molecule has 0 N–H and O–H groups in total. The zero-order chi connectivity index (χ0) is 14.3. The molecule has 1 heterocycles. The van der Waals surface area contributed by atoms with E-state index in [-0.39, 0.29) is 12.4 Å². The van der Waals surface area contributed by atoms with E-state index in [1.807, 2.05) is 0 Å². The highest BCUT2D eigenvalue weighted by Crippen LogP contribution is 2.06. The van der Waals surface area contributed by atoms with Crippen molar-refractivity contribution in [2.24, 2.45) is 0 Å². The molecule has 0 aliphatic heterocycles. The number of hydrogen-bond donors (Lipinski definition) is 0. The molecule has 1 nitrogen and oxygen atoms in total. The monoisotopic (exact) mass is 309 g/mol. The molecule has 2 heteroatoms. The third-order valence-electron chi connectivity index (χ3n) is 3.71.